The van der Waals surface area contributed by atoms with E-state index in [-0.39, 0.29) is 17.9 Å². The summed E-state index contributed by atoms with van der Waals surface area (Å²) >= 11 is 5.92. The smallest absolute Gasteiger partial charge is 0.247 e. The average molecular weight is 397 g/mol. The third-order valence-electron chi connectivity index (χ3n) is 5.93. The molecule has 4 rings (SSSR count). The molecule has 2 saturated heterocycles. The van der Waals surface area contributed by atoms with Gasteiger partial charge in [-0.1, -0.05) is 54.1 Å². The van der Waals surface area contributed by atoms with Crippen LogP contribution in [0.15, 0.2) is 54.6 Å². The summed E-state index contributed by atoms with van der Waals surface area (Å²) in [6, 6.07) is 17.6. The van der Waals surface area contributed by atoms with Crippen molar-refractivity contribution in [1.29, 1.82) is 0 Å². The summed E-state index contributed by atoms with van der Waals surface area (Å²) in [5.74, 6) is 0.522. The molecular weight excluding hydrogens is 372 g/mol. The fraction of sp³-hybridized carbons (Fsp3) is 0.391. The Morgan fingerprint density at radius 2 is 1.57 bits per heavy atom. The van der Waals surface area contributed by atoms with Crippen LogP contribution in [0.3, 0.4) is 0 Å². The van der Waals surface area contributed by atoms with Crippen LogP contribution >= 0.6 is 11.6 Å². The van der Waals surface area contributed by atoms with Crippen molar-refractivity contribution in [1.82, 2.24) is 9.80 Å². The Labute approximate surface area is 171 Å². The number of hydrogen-bond acceptors (Lipinski definition) is 3. The molecule has 2 aliphatic rings. The molecule has 0 aromatic heterocycles. The summed E-state index contributed by atoms with van der Waals surface area (Å²) in [6.07, 6.45) is 3.54. The molecule has 2 fully saturated rings. The van der Waals surface area contributed by atoms with Gasteiger partial charge in [-0.25, -0.2) is 0 Å². The highest BCUT2D eigenvalue weighted by Crippen LogP contribution is 2.28. The van der Waals surface area contributed by atoms with Crippen molar-refractivity contribution in [3.63, 3.8) is 0 Å². The second-order valence-electron chi connectivity index (χ2n) is 7.83. The molecule has 4 nitrogen and oxygen atoms in total. The van der Waals surface area contributed by atoms with Crippen molar-refractivity contribution in [2.24, 2.45) is 5.92 Å². The lowest BCUT2D eigenvalue weighted by atomic mass is 9.89. The second-order valence-corrected chi connectivity index (χ2v) is 8.27. The topological polar surface area (TPSA) is 40.6 Å². The van der Waals surface area contributed by atoms with Gasteiger partial charge >= 0.3 is 0 Å². The first-order valence-corrected chi connectivity index (χ1v) is 10.3. The van der Waals surface area contributed by atoms with Crippen LogP contribution in [-0.4, -0.2) is 40.7 Å². The predicted molar refractivity (Wildman–Crippen MR) is 110 cm³/mol. The normalized spacial score (nSPS) is 21.5. The van der Waals surface area contributed by atoms with E-state index in [0.717, 1.165) is 37.9 Å². The molecule has 0 aliphatic carbocycles. The van der Waals surface area contributed by atoms with Gasteiger partial charge in [-0.3, -0.25) is 19.4 Å². The number of likely N-dealkylation sites (tertiary alicyclic amines) is 2. The SMILES string of the molecule is O=C1CC(N2CCC(Cc3ccccc3)CC2)C(=O)N1Cc1ccc(Cl)cc1. The van der Waals surface area contributed by atoms with E-state index >= 15 is 0 Å². The molecule has 2 aromatic carbocycles. The Morgan fingerprint density at radius 1 is 0.893 bits per heavy atom. The predicted octanol–water partition coefficient (Wildman–Crippen LogP) is 3.92. The van der Waals surface area contributed by atoms with Crippen LogP contribution < -0.4 is 0 Å². The van der Waals surface area contributed by atoms with Gasteiger partial charge in [0.15, 0.2) is 0 Å². The van der Waals surface area contributed by atoms with Crippen LogP contribution in [0.1, 0.15) is 30.4 Å². The minimum absolute atomic E-state index is 0.0542. The molecule has 2 aliphatic heterocycles. The minimum Gasteiger partial charge on any atom is -0.292 e. The molecule has 0 saturated carbocycles. The van der Waals surface area contributed by atoms with Crippen molar-refractivity contribution in [3.05, 3.63) is 70.7 Å². The van der Waals surface area contributed by atoms with Gasteiger partial charge < -0.3 is 0 Å². The largest absolute Gasteiger partial charge is 0.292 e. The van der Waals surface area contributed by atoms with Crippen LogP contribution in [0.5, 0.6) is 0 Å². The lowest BCUT2D eigenvalue weighted by molar-refractivity contribution is -0.140. The number of halogens is 1. The van der Waals surface area contributed by atoms with Crippen LogP contribution in [-0.2, 0) is 22.6 Å². The van der Waals surface area contributed by atoms with E-state index in [0.29, 0.717) is 23.9 Å². The lowest BCUT2D eigenvalue weighted by Gasteiger charge is -2.34. The summed E-state index contributed by atoms with van der Waals surface area (Å²) in [4.78, 5) is 29.0. The molecule has 0 bridgehead atoms. The Balaban J connectivity index is 1.33. The summed E-state index contributed by atoms with van der Waals surface area (Å²) < 4.78 is 0. The zero-order chi connectivity index (χ0) is 19.5. The zero-order valence-electron chi connectivity index (χ0n) is 15.9. The number of carbonyl (C=O) groups excluding carboxylic acids is 2. The highest BCUT2D eigenvalue weighted by Gasteiger charge is 2.42. The Kier molecular flexibility index (Phi) is 5.79. The van der Waals surface area contributed by atoms with E-state index in [1.54, 1.807) is 12.1 Å². The van der Waals surface area contributed by atoms with Crippen molar-refractivity contribution < 1.29 is 9.59 Å². The van der Waals surface area contributed by atoms with Gasteiger partial charge in [0.25, 0.3) is 0 Å². The molecule has 5 heteroatoms. The van der Waals surface area contributed by atoms with Crippen molar-refractivity contribution in [2.75, 3.05) is 13.1 Å². The fourth-order valence-corrected chi connectivity index (χ4v) is 4.43. The average Bonchev–Trinajstić information content (AvgIpc) is 2.99. The Hall–Kier alpha value is -2.17. The van der Waals surface area contributed by atoms with E-state index in [2.05, 4.69) is 29.2 Å². The number of nitrogens with zero attached hydrogens (tertiary/aromatic N) is 2. The fourth-order valence-electron chi connectivity index (χ4n) is 4.31. The highest BCUT2D eigenvalue weighted by atomic mass is 35.5. The van der Waals surface area contributed by atoms with E-state index in [9.17, 15) is 9.59 Å². The molecule has 0 N–H and O–H groups in total. The molecule has 0 spiro atoms. The first kappa shape index (κ1) is 19.2. The van der Waals surface area contributed by atoms with Crippen molar-refractivity contribution >= 4 is 23.4 Å². The first-order valence-electron chi connectivity index (χ1n) is 9.97. The van der Waals surface area contributed by atoms with Gasteiger partial charge in [0.05, 0.1) is 19.0 Å². The first-order chi connectivity index (χ1) is 13.6. The zero-order valence-corrected chi connectivity index (χ0v) is 16.6. The Bertz CT molecular complexity index is 829. The maximum Gasteiger partial charge on any atom is 0.247 e. The quantitative estimate of drug-likeness (QED) is 0.719. The molecule has 1 unspecified atom stereocenters. The van der Waals surface area contributed by atoms with E-state index in [1.807, 2.05) is 18.2 Å². The number of benzene rings is 2. The van der Waals surface area contributed by atoms with E-state index in [4.69, 9.17) is 11.6 Å². The van der Waals surface area contributed by atoms with Crippen molar-refractivity contribution in [3.8, 4) is 0 Å². The molecule has 2 heterocycles. The van der Waals surface area contributed by atoms with Crippen molar-refractivity contribution in [2.45, 2.75) is 38.3 Å². The number of piperidine rings is 1. The summed E-state index contributed by atoms with van der Waals surface area (Å²) in [6.45, 7) is 2.10. The summed E-state index contributed by atoms with van der Waals surface area (Å²) in [5, 5.41) is 0.652. The standard InChI is InChI=1S/C23H25ClN2O2/c24-20-8-6-19(7-9-20)16-26-22(27)15-21(23(26)28)25-12-10-18(11-13-25)14-17-4-2-1-3-5-17/h1-9,18,21H,10-16H2. The third-order valence-corrected chi connectivity index (χ3v) is 6.18. The molecule has 2 aromatic rings. The molecule has 1 atom stereocenters. The lowest BCUT2D eigenvalue weighted by Crippen LogP contribution is -2.46. The van der Waals surface area contributed by atoms with E-state index < -0.39 is 0 Å². The maximum atomic E-state index is 12.9. The van der Waals surface area contributed by atoms with Gasteiger partial charge in [-0.15, -0.1) is 0 Å². The molecule has 28 heavy (non-hydrogen) atoms. The number of hydrogen-bond donors (Lipinski definition) is 0. The third kappa shape index (κ3) is 4.29. The summed E-state index contributed by atoms with van der Waals surface area (Å²) in [5.41, 5.74) is 2.30. The second kappa shape index (κ2) is 8.46. The van der Waals surface area contributed by atoms with Gasteiger partial charge in [0.1, 0.15) is 0 Å². The van der Waals surface area contributed by atoms with Gasteiger partial charge in [0, 0.05) is 5.02 Å². The summed E-state index contributed by atoms with van der Waals surface area (Å²) in [7, 11) is 0. The minimum atomic E-state index is -0.294. The number of imide groups is 1. The number of carbonyl (C=O) groups is 2. The Morgan fingerprint density at radius 3 is 2.25 bits per heavy atom. The number of amides is 2. The van der Waals surface area contributed by atoms with Gasteiger partial charge in [-0.05, 0) is 61.5 Å². The highest BCUT2D eigenvalue weighted by molar-refractivity contribution is 6.30. The molecule has 0 radical (unpaired) electrons. The number of rotatable bonds is 5. The van der Waals surface area contributed by atoms with Crippen LogP contribution in [0.2, 0.25) is 5.02 Å². The van der Waals surface area contributed by atoms with E-state index in [1.165, 1.54) is 10.5 Å². The van der Waals surface area contributed by atoms with Crippen LogP contribution in [0.25, 0.3) is 0 Å². The van der Waals surface area contributed by atoms with Crippen LogP contribution in [0.4, 0.5) is 0 Å². The van der Waals surface area contributed by atoms with Gasteiger partial charge in [0.2, 0.25) is 11.8 Å². The molecular formula is C23H25ClN2O2. The monoisotopic (exact) mass is 396 g/mol. The van der Waals surface area contributed by atoms with Crippen LogP contribution in [0, 0.1) is 5.92 Å². The molecule has 2 amide bonds. The van der Waals surface area contributed by atoms with Gasteiger partial charge in [-0.2, -0.15) is 0 Å². The molecule has 146 valence electrons. The maximum absolute atomic E-state index is 12.9.